The molecule has 108 valence electrons. The second-order valence-electron chi connectivity index (χ2n) is 4.26. The van der Waals surface area contributed by atoms with E-state index < -0.39 is 10.0 Å². The summed E-state index contributed by atoms with van der Waals surface area (Å²) in [6, 6.07) is 0. The lowest BCUT2D eigenvalue weighted by Gasteiger charge is -2.20. The molecule has 0 atom stereocenters. The zero-order chi connectivity index (χ0) is 13.9. The molecule has 1 aromatic rings. The number of β-amino-alcohol motifs (C(OH)–C–C–N with tert-alkyl or cyclic N) is 1. The summed E-state index contributed by atoms with van der Waals surface area (Å²) in [4.78, 5) is 5.84. The average Bonchev–Trinajstić information content (AvgIpc) is 2.66. The van der Waals surface area contributed by atoms with Crippen molar-refractivity contribution in [1.29, 1.82) is 0 Å². The lowest BCUT2D eigenvalue weighted by Crippen LogP contribution is -2.35. The molecule has 2 rings (SSSR count). The van der Waals surface area contributed by atoms with E-state index in [9.17, 15) is 8.42 Å². The third-order valence-corrected chi connectivity index (χ3v) is 6.46. The Labute approximate surface area is 121 Å². The van der Waals surface area contributed by atoms with E-state index in [0.29, 0.717) is 26.2 Å². The second kappa shape index (κ2) is 6.47. The van der Waals surface area contributed by atoms with Crippen molar-refractivity contribution >= 4 is 33.0 Å². The number of aliphatic hydroxyl groups is 1. The molecule has 19 heavy (non-hydrogen) atoms. The molecule has 0 aromatic carbocycles. The Morgan fingerprint density at radius 2 is 2.16 bits per heavy atom. The van der Waals surface area contributed by atoms with E-state index in [-0.39, 0.29) is 15.3 Å². The Kier molecular flexibility index (Phi) is 5.15. The predicted octanol–water partition coefficient (Wildman–Crippen LogP) is 0.485. The molecular formula is C10H16ClN3O3S2. The summed E-state index contributed by atoms with van der Waals surface area (Å²) in [5.41, 5.74) is 0. The van der Waals surface area contributed by atoms with Crippen LogP contribution in [0.2, 0.25) is 4.47 Å². The van der Waals surface area contributed by atoms with Crippen LogP contribution in [-0.2, 0) is 10.0 Å². The number of hydrogen-bond donors (Lipinski definition) is 1. The van der Waals surface area contributed by atoms with Gasteiger partial charge in [-0.25, -0.2) is 13.4 Å². The van der Waals surface area contributed by atoms with Gasteiger partial charge in [0.1, 0.15) is 0 Å². The van der Waals surface area contributed by atoms with Gasteiger partial charge in [-0.05, 0) is 13.0 Å². The number of aromatic nitrogens is 1. The van der Waals surface area contributed by atoms with Gasteiger partial charge in [0.25, 0.3) is 10.0 Å². The molecule has 1 aromatic heterocycles. The molecule has 1 fully saturated rings. The summed E-state index contributed by atoms with van der Waals surface area (Å²) in [5, 5.41) is 8.92. The second-order valence-corrected chi connectivity index (χ2v) is 8.03. The van der Waals surface area contributed by atoms with E-state index in [4.69, 9.17) is 16.7 Å². The summed E-state index contributed by atoms with van der Waals surface area (Å²) in [6.45, 7) is 3.03. The van der Waals surface area contributed by atoms with Crippen molar-refractivity contribution in [2.75, 3.05) is 39.3 Å². The number of sulfonamides is 1. The zero-order valence-corrected chi connectivity index (χ0v) is 12.7. The fourth-order valence-electron chi connectivity index (χ4n) is 2.04. The first-order valence-electron chi connectivity index (χ1n) is 5.99. The monoisotopic (exact) mass is 325 g/mol. The van der Waals surface area contributed by atoms with E-state index in [0.717, 1.165) is 24.3 Å². The molecule has 0 spiro atoms. The van der Waals surface area contributed by atoms with Gasteiger partial charge in [0.15, 0.2) is 8.68 Å². The summed E-state index contributed by atoms with van der Waals surface area (Å²) >= 11 is 6.67. The largest absolute Gasteiger partial charge is 0.395 e. The van der Waals surface area contributed by atoms with E-state index in [1.807, 2.05) is 0 Å². The zero-order valence-electron chi connectivity index (χ0n) is 10.3. The third kappa shape index (κ3) is 3.65. The van der Waals surface area contributed by atoms with Crippen LogP contribution in [0.25, 0.3) is 0 Å². The summed E-state index contributed by atoms with van der Waals surface area (Å²) in [6.07, 6.45) is 2.06. The summed E-state index contributed by atoms with van der Waals surface area (Å²) in [7, 11) is -3.49. The molecule has 1 aliphatic heterocycles. The lowest BCUT2D eigenvalue weighted by molar-refractivity contribution is 0.202. The maximum atomic E-state index is 12.4. The van der Waals surface area contributed by atoms with Gasteiger partial charge in [-0.3, -0.25) is 4.90 Å². The molecule has 1 aliphatic rings. The molecule has 0 aliphatic carbocycles. The van der Waals surface area contributed by atoms with Crippen LogP contribution in [0.15, 0.2) is 10.4 Å². The maximum Gasteiger partial charge on any atom is 0.254 e. The van der Waals surface area contributed by atoms with Gasteiger partial charge >= 0.3 is 0 Å². The molecule has 6 nitrogen and oxygen atoms in total. The van der Waals surface area contributed by atoms with Crippen molar-refractivity contribution in [3.05, 3.63) is 10.7 Å². The lowest BCUT2D eigenvalue weighted by atomic mass is 10.4. The highest BCUT2D eigenvalue weighted by Gasteiger charge is 2.28. The molecule has 1 saturated heterocycles. The normalized spacial score (nSPS) is 19.5. The van der Waals surface area contributed by atoms with Gasteiger partial charge in [-0.1, -0.05) is 22.9 Å². The standard InChI is InChI=1S/C10H16ClN3O3S2/c11-10-12-8-9(18-10)19(16,17)14-3-1-2-13(4-5-14)6-7-15/h8,15H,1-7H2. The van der Waals surface area contributed by atoms with E-state index in [1.54, 1.807) is 0 Å². The fraction of sp³-hybridized carbons (Fsp3) is 0.700. The highest BCUT2D eigenvalue weighted by molar-refractivity contribution is 7.91. The van der Waals surface area contributed by atoms with Crippen molar-refractivity contribution < 1.29 is 13.5 Å². The Morgan fingerprint density at radius 3 is 2.79 bits per heavy atom. The minimum absolute atomic E-state index is 0.0944. The minimum atomic E-state index is -3.49. The molecule has 0 bridgehead atoms. The molecule has 0 amide bonds. The van der Waals surface area contributed by atoms with Crippen LogP contribution in [0.4, 0.5) is 0 Å². The van der Waals surface area contributed by atoms with Crippen molar-refractivity contribution in [2.24, 2.45) is 0 Å². The van der Waals surface area contributed by atoms with Gasteiger partial charge in [0, 0.05) is 26.2 Å². The van der Waals surface area contributed by atoms with Crippen molar-refractivity contribution in [3.8, 4) is 0 Å². The molecular weight excluding hydrogens is 310 g/mol. The van der Waals surface area contributed by atoms with Gasteiger partial charge in [0.2, 0.25) is 0 Å². The summed E-state index contributed by atoms with van der Waals surface area (Å²) < 4.78 is 26.7. The number of aliphatic hydroxyl groups excluding tert-OH is 1. The summed E-state index contributed by atoms with van der Waals surface area (Å²) in [5.74, 6) is 0. The number of halogens is 1. The van der Waals surface area contributed by atoms with Crippen molar-refractivity contribution in [1.82, 2.24) is 14.2 Å². The van der Waals surface area contributed by atoms with Crippen LogP contribution < -0.4 is 0 Å². The van der Waals surface area contributed by atoms with Gasteiger partial charge in [-0.15, -0.1) is 0 Å². The van der Waals surface area contributed by atoms with E-state index in [2.05, 4.69) is 9.88 Å². The van der Waals surface area contributed by atoms with Crippen molar-refractivity contribution in [2.45, 2.75) is 10.6 Å². The smallest absolute Gasteiger partial charge is 0.254 e. The molecule has 0 unspecified atom stereocenters. The number of rotatable bonds is 4. The Morgan fingerprint density at radius 1 is 1.37 bits per heavy atom. The highest BCUT2D eigenvalue weighted by atomic mass is 35.5. The van der Waals surface area contributed by atoms with Crippen molar-refractivity contribution in [3.63, 3.8) is 0 Å². The van der Waals surface area contributed by atoms with Crippen LogP contribution in [0.3, 0.4) is 0 Å². The number of hydrogen-bond acceptors (Lipinski definition) is 6. The minimum Gasteiger partial charge on any atom is -0.395 e. The first-order chi connectivity index (χ1) is 9.04. The fourth-order valence-corrected chi connectivity index (χ4v) is 4.96. The van der Waals surface area contributed by atoms with Gasteiger partial charge in [0.05, 0.1) is 12.8 Å². The quantitative estimate of drug-likeness (QED) is 0.872. The van der Waals surface area contributed by atoms with Crippen LogP contribution in [-0.4, -0.2) is 67.0 Å². The van der Waals surface area contributed by atoms with E-state index >= 15 is 0 Å². The number of thiazole rings is 1. The Balaban J connectivity index is 2.09. The molecule has 0 radical (unpaired) electrons. The van der Waals surface area contributed by atoms with Gasteiger partial charge in [-0.2, -0.15) is 4.31 Å². The topological polar surface area (TPSA) is 73.7 Å². The average molecular weight is 326 g/mol. The van der Waals surface area contributed by atoms with Crippen LogP contribution in [0.5, 0.6) is 0 Å². The predicted molar refractivity (Wildman–Crippen MR) is 74.0 cm³/mol. The molecule has 1 N–H and O–H groups in total. The SMILES string of the molecule is O=S(=O)(c1cnc(Cl)s1)N1CCCN(CCO)CC1. The Bertz CT molecular complexity index is 520. The highest BCUT2D eigenvalue weighted by Crippen LogP contribution is 2.26. The van der Waals surface area contributed by atoms with Gasteiger partial charge < -0.3 is 5.11 Å². The molecule has 0 saturated carbocycles. The Hall–Kier alpha value is -0.250. The van der Waals surface area contributed by atoms with Crippen LogP contribution in [0, 0.1) is 0 Å². The van der Waals surface area contributed by atoms with Crippen LogP contribution in [0.1, 0.15) is 6.42 Å². The van der Waals surface area contributed by atoms with Crippen LogP contribution >= 0.6 is 22.9 Å². The maximum absolute atomic E-state index is 12.4. The first-order valence-corrected chi connectivity index (χ1v) is 8.62. The molecule has 2 heterocycles. The molecule has 9 heteroatoms. The third-order valence-electron chi connectivity index (χ3n) is 3.01. The first kappa shape index (κ1) is 15.1. The number of nitrogens with zero attached hydrogens (tertiary/aromatic N) is 3. The van der Waals surface area contributed by atoms with E-state index in [1.165, 1.54) is 10.5 Å².